The van der Waals surface area contributed by atoms with Crippen molar-refractivity contribution in [3.63, 3.8) is 0 Å². The Morgan fingerprint density at radius 3 is 1.88 bits per heavy atom. The largest absolute Gasteiger partial charge is 0.339 e. The molecule has 0 saturated heterocycles. The third-order valence-electron chi connectivity index (χ3n) is 9.38. The van der Waals surface area contributed by atoms with E-state index in [1.165, 1.54) is 79.0 Å². The van der Waals surface area contributed by atoms with Crippen LogP contribution in [0.2, 0.25) is 0 Å². The van der Waals surface area contributed by atoms with E-state index in [4.69, 9.17) is 4.18 Å². The summed E-state index contributed by atoms with van der Waals surface area (Å²) >= 11 is 0.928. The van der Waals surface area contributed by atoms with Crippen LogP contribution in [0.1, 0.15) is 22.3 Å². The second kappa shape index (κ2) is 20.9. The minimum absolute atomic E-state index is 0.0301. The number of hydrogen-bond donors (Lipinski definition) is 2. The zero-order valence-corrected chi connectivity index (χ0v) is 40.1. The van der Waals surface area contributed by atoms with Crippen molar-refractivity contribution in [3.8, 4) is 17.3 Å². The minimum Gasteiger partial charge on any atom is -0.339 e. The first kappa shape index (κ1) is 50.4. The van der Waals surface area contributed by atoms with Gasteiger partial charge in [-0.1, -0.05) is 30.0 Å². The van der Waals surface area contributed by atoms with Crippen LogP contribution >= 0.6 is 11.3 Å². The van der Waals surface area contributed by atoms with Gasteiger partial charge in [0, 0.05) is 46.0 Å². The van der Waals surface area contributed by atoms with E-state index in [1.54, 1.807) is 25.3 Å². The SMILES string of the molecule is C=C(c1cccc(S(=O)(=O)OC)c1/C=C/N=Nc1sc(N=Nc2c(Nc3ccc(S(=O)(=O)OC)cc3)nc(Nc3ccc(S(=O)(=O)OC)cc3)c(C#N)c2C)nc1-c1cccnc1)S(=O)(=O)OC. The number of benzene rings is 3. The number of rotatable bonds is 19. The Morgan fingerprint density at radius 2 is 1.34 bits per heavy atom. The quantitative estimate of drug-likeness (QED) is 0.0568. The van der Waals surface area contributed by atoms with Gasteiger partial charge in [0.1, 0.15) is 22.3 Å². The van der Waals surface area contributed by atoms with Gasteiger partial charge < -0.3 is 10.6 Å². The molecule has 68 heavy (non-hydrogen) atoms. The van der Waals surface area contributed by atoms with E-state index in [0.29, 0.717) is 16.9 Å². The molecule has 0 unspecified atom stereocenters. The fraction of sp³-hybridized carbons (Fsp3) is 0.122. The molecule has 6 rings (SSSR count). The summed E-state index contributed by atoms with van der Waals surface area (Å²) in [6.07, 6.45) is 5.38. The van der Waals surface area contributed by atoms with Gasteiger partial charge in [0.2, 0.25) is 5.13 Å². The number of nitrogens with one attached hydrogen (secondary N) is 2. The first-order valence-electron chi connectivity index (χ1n) is 18.9. The number of aromatic nitrogens is 3. The Kier molecular flexibility index (Phi) is 15.5. The Morgan fingerprint density at radius 1 is 0.735 bits per heavy atom. The second-order valence-electron chi connectivity index (χ2n) is 13.3. The Balaban J connectivity index is 1.43. The molecule has 22 nitrogen and oxygen atoms in total. The molecule has 0 saturated carbocycles. The number of nitrogens with zero attached hydrogens (tertiary/aromatic N) is 8. The van der Waals surface area contributed by atoms with Gasteiger partial charge in [0.15, 0.2) is 16.6 Å². The average Bonchev–Trinajstić information content (AvgIpc) is 3.75. The van der Waals surface area contributed by atoms with E-state index in [1.807, 2.05) is 0 Å². The predicted molar refractivity (Wildman–Crippen MR) is 250 cm³/mol. The van der Waals surface area contributed by atoms with E-state index in [0.717, 1.165) is 46.0 Å². The molecule has 3 heterocycles. The van der Waals surface area contributed by atoms with Crippen LogP contribution in [-0.4, -0.2) is 77.1 Å². The lowest BCUT2D eigenvalue weighted by Crippen LogP contribution is -2.09. The van der Waals surface area contributed by atoms with Gasteiger partial charge in [-0.25, -0.2) is 9.97 Å². The normalized spacial score (nSPS) is 12.5. The number of pyridine rings is 2. The van der Waals surface area contributed by atoms with Crippen LogP contribution in [0.3, 0.4) is 0 Å². The zero-order valence-electron chi connectivity index (χ0n) is 36.0. The highest BCUT2D eigenvalue weighted by Gasteiger charge is 2.26. The molecular formula is C41H36N10O12S5. The molecule has 0 radical (unpaired) electrons. The monoisotopic (exact) mass is 1020 g/mol. The van der Waals surface area contributed by atoms with Crippen molar-refractivity contribution in [1.82, 2.24) is 15.0 Å². The molecule has 0 aliphatic rings. The van der Waals surface area contributed by atoms with E-state index in [2.05, 4.69) is 71.2 Å². The van der Waals surface area contributed by atoms with Gasteiger partial charge in [-0.2, -0.15) is 44.0 Å². The van der Waals surface area contributed by atoms with Crippen LogP contribution in [0.4, 0.5) is 38.8 Å². The molecule has 0 aliphatic heterocycles. The van der Waals surface area contributed by atoms with E-state index in [-0.39, 0.29) is 70.1 Å². The van der Waals surface area contributed by atoms with Crippen molar-refractivity contribution in [2.75, 3.05) is 39.1 Å². The molecule has 0 spiro atoms. The van der Waals surface area contributed by atoms with Gasteiger partial charge in [0.25, 0.3) is 40.5 Å². The lowest BCUT2D eigenvalue weighted by atomic mass is 10.1. The highest BCUT2D eigenvalue weighted by atomic mass is 32.2. The third-order valence-corrected chi connectivity index (χ3v) is 15.4. The number of thiazole rings is 1. The van der Waals surface area contributed by atoms with Crippen molar-refractivity contribution in [3.05, 3.63) is 126 Å². The van der Waals surface area contributed by atoms with Crippen LogP contribution in [0.15, 0.2) is 139 Å². The summed E-state index contributed by atoms with van der Waals surface area (Å²) in [6, 6.07) is 20.3. The molecule has 3 aromatic carbocycles. The predicted octanol–water partition coefficient (Wildman–Crippen LogP) is 8.39. The summed E-state index contributed by atoms with van der Waals surface area (Å²) < 4.78 is 118. The second-order valence-corrected chi connectivity index (χ2v) is 21.1. The number of azo groups is 2. The Labute approximate surface area is 394 Å². The fourth-order valence-electron chi connectivity index (χ4n) is 5.90. The van der Waals surface area contributed by atoms with Crippen molar-refractivity contribution < 1.29 is 50.4 Å². The highest BCUT2D eigenvalue weighted by molar-refractivity contribution is 7.96. The summed E-state index contributed by atoms with van der Waals surface area (Å²) in [7, 11) is -12.8. The Hall–Kier alpha value is -7.00. The van der Waals surface area contributed by atoms with Crippen LogP contribution in [0.25, 0.3) is 22.2 Å². The van der Waals surface area contributed by atoms with Crippen molar-refractivity contribution in [2.45, 2.75) is 21.6 Å². The highest BCUT2D eigenvalue weighted by Crippen LogP contribution is 2.42. The summed E-state index contributed by atoms with van der Waals surface area (Å²) in [5, 5.41) is 33.9. The standard InChI is InChI=1S/C41H36N10O12S5/c1-25-34(23-42)38(45-28-12-16-30(17-13-28)66(54,55)61-4)48-39(46-29-14-18-31(19-15-29)67(56,57)62-5)36(25)49-51-41-47-37(27-9-8-21-43-24-27)40(64-41)50-44-22-20-33-32(26(2)65(52,53)60-3)10-7-11-35(33)68(58,59)63-6/h7-22,24H,2H2,1,3-6H3,(H2,45,46,48)/b22-20+,50-44?,51-49?. The molecule has 0 atom stereocenters. The van der Waals surface area contributed by atoms with Gasteiger partial charge in [-0.15, -0.1) is 15.3 Å². The topological polar surface area (TPSA) is 309 Å². The van der Waals surface area contributed by atoms with Gasteiger partial charge in [0.05, 0.1) is 54.9 Å². The van der Waals surface area contributed by atoms with Crippen molar-refractivity contribution in [2.24, 2.45) is 20.5 Å². The van der Waals surface area contributed by atoms with Gasteiger partial charge in [-0.05, 0) is 79.7 Å². The number of anilines is 4. The van der Waals surface area contributed by atoms with E-state index < -0.39 is 45.4 Å². The van der Waals surface area contributed by atoms with Crippen molar-refractivity contribution in [1.29, 1.82) is 5.26 Å². The van der Waals surface area contributed by atoms with Crippen LogP contribution < -0.4 is 10.6 Å². The molecule has 3 aromatic heterocycles. The molecule has 0 bridgehead atoms. The first-order chi connectivity index (χ1) is 32.3. The maximum absolute atomic E-state index is 12.9. The van der Waals surface area contributed by atoms with E-state index in [9.17, 15) is 38.9 Å². The molecule has 2 N–H and O–H groups in total. The fourth-order valence-corrected chi connectivity index (χ4v) is 9.48. The average molecular weight is 1020 g/mol. The summed E-state index contributed by atoms with van der Waals surface area (Å²) in [5.74, 6) is 0.0781. The summed E-state index contributed by atoms with van der Waals surface area (Å²) in [4.78, 5) is 12.3. The summed E-state index contributed by atoms with van der Waals surface area (Å²) in [6.45, 7) is 5.18. The molecular weight excluding hydrogens is 985 g/mol. The zero-order chi connectivity index (χ0) is 49.4. The number of hydrogen-bond acceptors (Lipinski definition) is 23. The molecule has 0 fully saturated rings. The maximum atomic E-state index is 12.9. The molecule has 0 amide bonds. The van der Waals surface area contributed by atoms with Crippen LogP contribution in [0, 0.1) is 18.3 Å². The van der Waals surface area contributed by atoms with Gasteiger partial charge >= 0.3 is 0 Å². The maximum Gasteiger partial charge on any atom is 0.297 e. The molecule has 0 aliphatic carbocycles. The molecule has 27 heteroatoms. The lowest BCUT2D eigenvalue weighted by Gasteiger charge is -2.16. The lowest BCUT2D eigenvalue weighted by molar-refractivity contribution is 0.396. The first-order valence-corrected chi connectivity index (χ1v) is 25.4. The van der Waals surface area contributed by atoms with E-state index >= 15 is 0 Å². The smallest absolute Gasteiger partial charge is 0.297 e. The van der Waals surface area contributed by atoms with Crippen LogP contribution in [0.5, 0.6) is 0 Å². The molecule has 6 aromatic rings. The van der Waals surface area contributed by atoms with Crippen LogP contribution in [-0.2, 0) is 57.2 Å². The number of nitriles is 1. The molecule has 352 valence electrons. The van der Waals surface area contributed by atoms with Crippen molar-refractivity contribution >= 4 is 102 Å². The Bertz CT molecular complexity index is 3490. The third kappa shape index (κ3) is 11.2. The minimum atomic E-state index is -4.37. The van der Waals surface area contributed by atoms with Gasteiger partial charge in [-0.3, -0.25) is 21.7 Å². The summed E-state index contributed by atoms with van der Waals surface area (Å²) in [5.41, 5.74) is 1.58.